The molecule has 2 unspecified atom stereocenters. The molecule has 0 amide bonds. The molecule has 0 saturated carbocycles. The molecule has 10 N–H and O–H groups in total. The fraction of sp³-hybridized carbons (Fsp3) is 0.433. The number of aromatic hydroxyl groups is 3. The van der Waals surface area contributed by atoms with E-state index in [9.17, 15) is 49.5 Å². The van der Waals surface area contributed by atoms with Crippen LogP contribution in [0.5, 0.6) is 17.2 Å². The number of ketones is 3. The van der Waals surface area contributed by atoms with E-state index in [4.69, 9.17) is 30.8 Å². The average Bonchev–Trinajstić information content (AvgIpc) is 2.98. The lowest BCUT2D eigenvalue weighted by molar-refractivity contribution is -0.247. The summed E-state index contributed by atoms with van der Waals surface area (Å²) in [6.07, 6.45) is -6.81. The van der Waals surface area contributed by atoms with Gasteiger partial charge in [0.1, 0.15) is 28.9 Å². The number of aliphatic carboxylic acids is 1. The zero-order valence-corrected chi connectivity index (χ0v) is 24.3. The van der Waals surface area contributed by atoms with Gasteiger partial charge < -0.3 is 56.3 Å². The van der Waals surface area contributed by atoms with Crippen LogP contribution in [0.3, 0.4) is 0 Å². The number of esters is 1. The van der Waals surface area contributed by atoms with Crippen LogP contribution in [0, 0.1) is 0 Å². The Morgan fingerprint density at radius 1 is 1.09 bits per heavy atom. The summed E-state index contributed by atoms with van der Waals surface area (Å²) in [4.78, 5) is 63.4. The van der Waals surface area contributed by atoms with Crippen molar-refractivity contribution >= 4 is 29.3 Å². The molecule has 7 atom stereocenters. The van der Waals surface area contributed by atoms with Gasteiger partial charge in [0, 0.05) is 42.0 Å². The zero-order valence-electron chi connectivity index (χ0n) is 24.3. The Labute approximate surface area is 260 Å². The van der Waals surface area contributed by atoms with Crippen LogP contribution in [0.2, 0.25) is 0 Å². The van der Waals surface area contributed by atoms with Crippen molar-refractivity contribution in [2.45, 2.75) is 74.9 Å². The summed E-state index contributed by atoms with van der Waals surface area (Å²) in [5, 5.41) is 64.1. The standard InChI is InChI=1S/C30H32N2O14/c1-10-24(36)13(31)6-19(45-10)46-16-8-30(43,17(34)9-44-18(35)5-14(32)29(41)42)7-12-21(16)28(40)23-22(26(12)38)25(37)11-3-2-4-15(33)20(11)27(23)39/h2-4,10,13-14,16,19,24,33,36,38,40,43H,5-9,31-32H2,1H3,(H,41,42)/t10-,13-,14?,16-,19-,24?,30-/m0/s1. The molecular weight excluding hydrogens is 612 g/mol. The van der Waals surface area contributed by atoms with E-state index >= 15 is 0 Å². The van der Waals surface area contributed by atoms with E-state index in [2.05, 4.69) is 0 Å². The summed E-state index contributed by atoms with van der Waals surface area (Å²) >= 11 is 0. The quantitative estimate of drug-likeness (QED) is 0.108. The Morgan fingerprint density at radius 2 is 1.76 bits per heavy atom. The number of hydrogen-bond donors (Lipinski definition) is 8. The van der Waals surface area contributed by atoms with Gasteiger partial charge in [-0.15, -0.1) is 0 Å². The van der Waals surface area contributed by atoms with Crippen LogP contribution in [-0.2, 0) is 35.0 Å². The minimum absolute atomic E-state index is 0.0818. The third kappa shape index (κ3) is 5.59. The van der Waals surface area contributed by atoms with E-state index in [0.717, 1.165) is 0 Å². The summed E-state index contributed by atoms with van der Waals surface area (Å²) < 4.78 is 16.6. The molecule has 2 aromatic rings. The highest BCUT2D eigenvalue weighted by atomic mass is 16.7. The lowest BCUT2D eigenvalue weighted by Crippen LogP contribution is -2.53. The molecular formula is C30H32N2O14. The van der Waals surface area contributed by atoms with Crippen LogP contribution < -0.4 is 11.5 Å². The molecule has 0 bridgehead atoms. The van der Waals surface area contributed by atoms with Gasteiger partial charge in [0.25, 0.3) is 0 Å². The molecule has 1 aliphatic heterocycles. The molecule has 16 heteroatoms. The summed E-state index contributed by atoms with van der Waals surface area (Å²) in [5.41, 5.74) is 6.37. The van der Waals surface area contributed by atoms with Crippen LogP contribution in [0.1, 0.15) is 75.3 Å². The second-order valence-corrected chi connectivity index (χ2v) is 11.6. The summed E-state index contributed by atoms with van der Waals surface area (Å²) in [5.74, 6) is -7.84. The van der Waals surface area contributed by atoms with Crippen LogP contribution in [-0.4, -0.2) is 103 Å². The van der Waals surface area contributed by atoms with E-state index in [0.29, 0.717) is 0 Å². The van der Waals surface area contributed by atoms with Gasteiger partial charge in [0.2, 0.25) is 11.6 Å². The number of aliphatic hydroxyl groups is 2. The van der Waals surface area contributed by atoms with Gasteiger partial charge >= 0.3 is 11.9 Å². The number of carbonyl (C=O) groups is 5. The largest absolute Gasteiger partial charge is 0.507 e. The molecule has 1 heterocycles. The molecule has 3 aliphatic rings. The third-order valence-electron chi connectivity index (χ3n) is 8.53. The van der Waals surface area contributed by atoms with Gasteiger partial charge in [-0.3, -0.25) is 24.0 Å². The molecule has 1 saturated heterocycles. The third-order valence-corrected chi connectivity index (χ3v) is 8.53. The Kier molecular flexibility index (Phi) is 8.63. The number of phenols is 3. The highest BCUT2D eigenvalue weighted by Crippen LogP contribution is 2.52. The number of hydrogen-bond acceptors (Lipinski definition) is 15. The first-order valence-electron chi connectivity index (χ1n) is 14.2. The number of phenolic OH excluding ortho intramolecular Hbond substituents is 3. The Balaban J connectivity index is 1.56. The van der Waals surface area contributed by atoms with Gasteiger partial charge in [-0.2, -0.15) is 0 Å². The highest BCUT2D eigenvalue weighted by Gasteiger charge is 2.50. The average molecular weight is 645 g/mol. The molecule has 46 heavy (non-hydrogen) atoms. The van der Waals surface area contributed by atoms with Crippen molar-refractivity contribution in [3.05, 3.63) is 51.6 Å². The number of benzene rings is 2. The second kappa shape index (κ2) is 12.1. The first-order chi connectivity index (χ1) is 21.6. The number of carboxylic acid groups (broad SMARTS) is 1. The smallest absolute Gasteiger partial charge is 0.321 e. The lowest BCUT2D eigenvalue weighted by Gasteiger charge is -2.42. The van der Waals surface area contributed by atoms with Gasteiger partial charge in [0.15, 0.2) is 18.7 Å². The van der Waals surface area contributed by atoms with Crippen LogP contribution >= 0.6 is 0 Å². The van der Waals surface area contributed by atoms with Crippen LogP contribution in [0.25, 0.3) is 0 Å². The summed E-state index contributed by atoms with van der Waals surface area (Å²) in [6.45, 7) is 0.479. The van der Waals surface area contributed by atoms with Crippen molar-refractivity contribution in [3.63, 3.8) is 0 Å². The molecule has 0 aromatic heterocycles. The van der Waals surface area contributed by atoms with Crippen LogP contribution in [0.4, 0.5) is 0 Å². The summed E-state index contributed by atoms with van der Waals surface area (Å²) in [6, 6.07) is 1.29. The number of rotatable bonds is 8. The maximum absolute atomic E-state index is 13.6. The van der Waals surface area contributed by atoms with Crippen molar-refractivity contribution in [3.8, 4) is 17.2 Å². The SMILES string of the molecule is C[C@@H]1O[C@@H](O[C@H]2C[C@](O)(C(=O)COC(=O)CC(N)C(=O)O)Cc3c(O)c4c(c(O)c32)C(=O)c2c(O)cccc2C4=O)C[C@H](N)C1O. The Morgan fingerprint density at radius 3 is 2.41 bits per heavy atom. The molecule has 16 nitrogen and oxygen atoms in total. The molecule has 246 valence electrons. The van der Waals surface area contributed by atoms with Gasteiger partial charge in [-0.25, -0.2) is 0 Å². The summed E-state index contributed by atoms with van der Waals surface area (Å²) in [7, 11) is 0. The minimum Gasteiger partial charge on any atom is -0.507 e. The number of Topliss-reactive ketones (excluding diaryl/α,β-unsaturated/α-hetero) is 1. The number of nitrogens with two attached hydrogens (primary N) is 2. The first kappa shape index (κ1) is 32.9. The predicted octanol–water partition coefficient (Wildman–Crippen LogP) is -0.949. The van der Waals surface area contributed by atoms with Crippen molar-refractivity contribution in [2.24, 2.45) is 11.5 Å². The number of fused-ring (bicyclic) bond motifs is 3. The van der Waals surface area contributed by atoms with Gasteiger partial charge in [0.05, 0.1) is 41.4 Å². The fourth-order valence-electron chi connectivity index (χ4n) is 6.05. The molecule has 2 aromatic carbocycles. The van der Waals surface area contributed by atoms with Crippen LogP contribution in [0.15, 0.2) is 18.2 Å². The molecule has 2 aliphatic carbocycles. The number of carboxylic acids is 1. The van der Waals surface area contributed by atoms with E-state index in [-0.39, 0.29) is 23.1 Å². The fourth-order valence-corrected chi connectivity index (χ4v) is 6.05. The van der Waals surface area contributed by atoms with E-state index in [1.165, 1.54) is 25.1 Å². The Hall–Kier alpha value is -4.45. The highest BCUT2D eigenvalue weighted by molar-refractivity contribution is 6.31. The topological polar surface area (TPSA) is 286 Å². The predicted molar refractivity (Wildman–Crippen MR) is 151 cm³/mol. The number of carbonyl (C=O) groups excluding carboxylic acids is 4. The van der Waals surface area contributed by atoms with E-state index in [1.807, 2.05) is 0 Å². The van der Waals surface area contributed by atoms with Crippen molar-refractivity contribution < 1.29 is 68.8 Å². The number of aliphatic hydroxyl groups excluding tert-OH is 1. The van der Waals surface area contributed by atoms with Crippen molar-refractivity contribution in [2.75, 3.05) is 6.61 Å². The Bertz CT molecular complexity index is 1640. The first-order valence-corrected chi connectivity index (χ1v) is 14.2. The van der Waals surface area contributed by atoms with Gasteiger partial charge in [-0.05, 0) is 13.0 Å². The molecule has 5 rings (SSSR count). The molecule has 0 spiro atoms. The van der Waals surface area contributed by atoms with Gasteiger partial charge in [-0.1, -0.05) is 12.1 Å². The maximum Gasteiger partial charge on any atom is 0.321 e. The monoisotopic (exact) mass is 644 g/mol. The molecule has 1 fully saturated rings. The van der Waals surface area contributed by atoms with Crippen molar-refractivity contribution in [1.29, 1.82) is 0 Å². The second-order valence-electron chi connectivity index (χ2n) is 11.6. The minimum atomic E-state index is -2.47. The van der Waals surface area contributed by atoms with E-state index < -0.39 is 131 Å². The van der Waals surface area contributed by atoms with E-state index in [1.54, 1.807) is 0 Å². The lowest BCUT2D eigenvalue weighted by atomic mass is 9.72. The maximum atomic E-state index is 13.6. The van der Waals surface area contributed by atoms with Crippen molar-refractivity contribution in [1.82, 2.24) is 0 Å². The molecule has 0 radical (unpaired) electrons. The number of ether oxygens (including phenoxy) is 3. The zero-order chi connectivity index (χ0) is 33.8. The normalized spacial score (nSPS) is 27.6.